The first-order valence-electron chi connectivity index (χ1n) is 16.9. The molecule has 27 nitrogen and oxygen atoms in total. The molecule has 0 unspecified atom stereocenters. The van der Waals surface area contributed by atoms with Crippen molar-refractivity contribution in [1.29, 1.82) is 0 Å². The van der Waals surface area contributed by atoms with Gasteiger partial charge in [-0.15, -0.1) is 24.8 Å². The number of sulfone groups is 2. The summed E-state index contributed by atoms with van der Waals surface area (Å²) in [4.78, 5) is -2.19. The van der Waals surface area contributed by atoms with Crippen LogP contribution in [0.5, 0.6) is 23.0 Å². The van der Waals surface area contributed by atoms with Crippen LogP contribution in [-0.4, -0.2) is 93.4 Å². The number of ether oxygens (including phenoxy) is 3. The van der Waals surface area contributed by atoms with Crippen LogP contribution >= 0.6 is 24.4 Å². The molecular formula is C31H31N5Na4O22S6. The number of rotatable bonds is 24. The molecule has 0 amide bonds. The zero-order chi connectivity index (χ0) is 47.6. The summed E-state index contributed by atoms with van der Waals surface area (Å²) in [5.74, 6) is -3.37. The van der Waals surface area contributed by atoms with Gasteiger partial charge in [0.15, 0.2) is 37.7 Å². The van der Waals surface area contributed by atoms with E-state index in [4.69, 9.17) is 24.1 Å². The van der Waals surface area contributed by atoms with Gasteiger partial charge in [0.25, 0.3) is 0 Å². The fourth-order valence-electron chi connectivity index (χ4n) is 5.41. The summed E-state index contributed by atoms with van der Waals surface area (Å²) in [6.45, 7) is 1.37. The van der Waals surface area contributed by atoms with E-state index in [-0.39, 0.29) is 193 Å². The van der Waals surface area contributed by atoms with Crippen molar-refractivity contribution in [3.8, 4) is 23.0 Å². The molecule has 0 aliphatic rings. The number of hydrogen-bond donors (Lipinski definition) is 2. The van der Waals surface area contributed by atoms with Gasteiger partial charge in [-0.1, -0.05) is 0 Å². The number of nitrogens with zero attached hydrogens (tertiary/aromatic N) is 4. The topological polar surface area (TPSA) is 408 Å². The molecule has 68 heavy (non-hydrogen) atoms. The minimum absolute atomic E-state index is 0. The number of fused-ring (bicyclic) bond motifs is 1. The minimum Gasteiger partial charge on any atom is -0.744 e. The number of phenols is 1. The van der Waals surface area contributed by atoms with Crippen molar-refractivity contribution in [2.24, 2.45) is 20.5 Å². The first-order chi connectivity index (χ1) is 30.0. The molecule has 0 heterocycles. The zero-order valence-electron chi connectivity index (χ0n) is 36.8. The van der Waals surface area contributed by atoms with Crippen molar-refractivity contribution in [3.63, 3.8) is 0 Å². The van der Waals surface area contributed by atoms with Gasteiger partial charge < -0.3 is 44.7 Å². The van der Waals surface area contributed by atoms with Crippen LogP contribution < -0.4 is 149 Å². The Morgan fingerprint density at radius 2 is 1.25 bits per heavy atom. The standard InChI is InChI=1S/C31H35N5O22S6.4Na/c1-5-52-22-15-27(62(42,43)9-7-54-64(47,48)49)23(51-4)12-19(22)33-35-20-13-26(63(44,45)46)17-11-24(59-57-55-38)30(31(37)28(17)29(20)32)36-34-18-10-16(2)25(14-21(18)50-3)61(40,41)8-6-53-60-58-56-39;;;;/h10-15,37-39H,5-9,32H2,1-4H3,(H,44,45,46)(H,47,48,49);;;;/q;4*+1/p-4. The molecule has 0 aromatic heterocycles. The molecule has 0 fully saturated rings. The van der Waals surface area contributed by atoms with Gasteiger partial charge in [0, 0.05) is 23.6 Å². The van der Waals surface area contributed by atoms with Crippen LogP contribution in [0.1, 0.15) is 12.5 Å². The Balaban J connectivity index is 0.0000112. The van der Waals surface area contributed by atoms with Crippen LogP contribution in [0, 0.1) is 6.92 Å². The van der Waals surface area contributed by atoms with E-state index in [1.807, 2.05) is 0 Å². The summed E-state index contributed by atoms with van der Waals surface area (Å²) < 4.78 is 156. The van der Waals surface area contributed by atoms with Crippen molar-refractivity contribution >= 4 is 104 Å². The molecule has 4 aromatic carbocycles. The number of azo groups is 2. The molecular weight excluding hydrogens is 1080 g/mol. The van der Waals surface area contributed by atoms with E-state index in [2.05, 4.69) is 43.4 Å². The third kappa shape index (κ3) is 18.1. The summed E-state index contributed by atoms with van der Waals surface area (Å²) in [6, 6.07) is 5.91. The van der Waals surface area contributed by atoms with E-state index >= 15 is 0 Å². The monoisotopic (exact) mass is 1110 g/mol. The van der Waals surface area contributed by atoms with E-state index in [9.17, 15) is 58.4 Å². The van der Waals surface area contributed by atoms with Crippen molar-refractivity contribution in [2.45, 2.75) is 33.4 Å². The fourth-order valence-corrected chi connectivity index (χ4v) is 9.91. The van der Waals surface area contributed by atoms with Crippen LogP contribution in [-0.2, 0) is 67.3 Å². The second-order valence-electron chi connectivity index (χ2n) is 12.0. The largest absolute Gasteiger partial charge is 1.00 e. The predicted octanol–water partition coefficient (Wildman–Crippen LogP) is -9.34. The number of anilines is 1. The van der Waals surface area contributed by atoms with Crippen LogP contribution in [0.2, 0.25) is 0 Å². The molecule has 4 rings (SSSR count). The van der Waals surface area contributed by atoms with Crippen LogP contribution in [0.25, 0.3) is 10.8 Å². The molecule has 0 aliphatic heterocycles. The Hall–Kier alpha value is -0.560. The van der Waals surface area contributed by atoms with E-state index in [1.54, 1.807) is 0 Å². The van der Waals surface area contributed by atoms with Gasteiger partial charge in [-0.05, 0) is 37.6 Å². The first-order valence-corrected chi connectivity index (χ1v) is 24.4. The van der Waals surface area contributed by atoms with Gasteiger partial charge in [-0.3, -0.25) is 18.4 Å². The molecule has 37 heteroatoms. The number of benzene rings is 4. The maximum atomic E-state index is 13.1. The van der Waals surface area contributed by atoms with Gasteiger partial charge in [-0.25, -0.2) is 33.7 Å². The van der Waals surface area contributed by atoms with Crippen molar-refractivity contribution in [3.05, 3.63) is 42.0 Å². The van der Waals surface area contributed by atoms with Crippen molar-refractivity contribution in [2.75, 3.05) is 51.3 Å². The molecule has 0 bridgehead atoms. The average Bonchev–Trinajstić information content (AvgIpc) is 3.21. The van der Waals surface area contributed by atoms with Gasteiger partial charge in [0.1, 0.15) is 55.0 Å². The number of nitrogen functional groups attached to an aromatic ring is 1. The molecule has 4 aromatic rings. The SMILES string of the molecule is CCOc1cc(S(=O)(=O)CCOS(=O)(=O)[O-])c(OC)cc1N=Nc1cc(S(=O)(=O)[O-])c2cc(SOO[O-])c(N=Nc3cc(C)c(S(=O)(=O)CCOSOO[O-])cc3OC)c(O)c2c1N.[Na+].[Na+].[Na+].[Na+]. The molecule has 0 atom stereocenters. The molecule has 0 spiro atoms. The molecule has 0 aliphatic carbocycles. The quantitative estimate of drug-likeness (QED) is 0.00757. The third-order valence-electron chi connectivity index (χ3n) is 8.07. The minimum atomic E-state index is -5.47. The molecule has 0 radical (unpaired) electrons. The van der Waals surface area contributed by atoms with Crippen LogP contribution in [0.3, 0.4) is 0 Å². The average molecular weight is 1110 g/mol. The van der Waals surface area contributed by atoms with Crippen LogP contribution in [0.15, 0.2) is 76.4 Å². The molecule has 352 valence electrons. The van der Waals surface area contributed by atoms with Gasteiger partial charge in [0.2, 0.25) is 10.4 Å². The van der Waals surface area contributed by atoms with E-state index in [0.29, 0.717) is 6.07 Å². The number of aromatic hydroxyl groups is 1. The summed E-state index contributed by atoms with van der Waals surface area (Å²) in [6.07, 6.45) is 0. The van der Waals surface area contributed by atoms with E-state index in [1.165, 1.54) is 27.0 Å². The zero-order valence-corrected chi connectivity index (χ0v) is 49.7. The Kier molecular flexibility index (Phi) is 29.7. The number of nitrogens with two attached hydrogens (primary N) is 1. The third-order valence-corrected chi connectivity index (χ3v) is 13.9. The number of aryl methyl sites for hydroxylation is 1. The Bertz CT molecular complexity index is 2900. The Morgan fingerprint density at radius 3 is 1.82 bits per heavy atom. The first kappa shape index (κ1) is 67.4. The van der Waals surface area contributed by atoms with E-state index < -0.39 is 108 Å². The normalized spacial score (nSPS) is 12.0. The van der Waals surface area contributed by atoms with Crippen molar-refractivity contribution in [1.82, 2.24) is 0 Å². The van der Waals surface area contributed by atoms with E-state index in [0.717, 1.165) is 31.4 Å². The van der Waals surface area contributed by atoms with Gasteiger partial charge >= 0.3 is 118 Å². The van der Waals surface area contributed by atoms with Gasteiger partial charge in [-0.2, -0.15) is 4.33 Å². The Morgan fingerprint density at radius 1 is 0.691 bits per heavy atom. The number of methoxy groups -OCH3 is 2. The predicted molar refractivity (Wildman–Crippen MR) is 212 cm³/mol. The Labute approximate surface area is 485 Å². The van der Waals surface area contributed by atoms with Crippen LogP contribution in [0.4, 0.5) is 28.4 Å². The molecule has 0 saturated heterocycles. The maximum Gasteiger partial charge on any atom is 1.00 e. The smallest absolute Gasteiger partial charge is 0.744 e. The second kappa shape index (κ2) is 30.0. The number of hydrogen-bond acceptors (Lipinski definition) is 29. The molecule has 3 N–H and O–H groups in total. The fraction of sp³-hybridized carbons (Fsp3) is 0.290. The van der Waals surface area contributed by atoms with Gasteiger partial charge in [0.05, 0.1) is 83.3 Å². The summed E-state index contributed by atoms with van der Waals surface area (Å²) in [7, 11) is -16.9. The summed E-state index contributed by atoms with van der Waals surface area (Å²) >= 11 is 0.204. The summed E-state index contributed by atoms with van der Waals surface area (Å²) in [5.41, 5.74) is 4.42. The van der Waals surface area contributed by atoms with Crippen molar-refractivity contribution < 1.29 is 218 Å². The second-order valence-corrected chi connectivity index (χ2v) is 19.8. The number of phenolic OH excluding ortho intramolecular Hbond substituents is 1. The maximum absolute atomic E-state index is 13.1. The summed E-state index contributed by atoms with van der Waals surface area (Å²) in [5, 5.41) is 53.7. The molecule has 0 saturated carbocycles.